The van der Waals surface area contributed by atoms with Crippen LogP contribution in [0, 0.1) is 6.92 Å². The van der Waals surface area contributed by atoms with Crippen LogP contribution in [0.2, 0.25) is 0 Å². The number of nitrogens with zero attached hydrogens (tertiary/aromatic N) is 1. The van der Waals surface area contributed by atoms with Crippen molar-refractivity contribution in [1.82, 2.24) is 4.98 Å². The molecule has 1 nitrogen and oxygen atoms in total. The first-order chi connectivity index (χ1) is 6.40. The smallest absolute Gasteiger partial charge is 0.0705 e. The van der Waals surface area contributed by atoms with E-state index in [2.05, 4.69) is 30.1 Å². The molecular weight excluding hydrogens is 158 g/mol. The highest BCUT2D eigenvalue weighted by Gasteiger charge is 1.95. The highest BCUT2D eigenvalue weighted by Crippen LogP contribution is 2.12. The predicted molar refractivity (Wildman–Crippen MR) is 55.4 cm³/mol. The molecule has 0 amide bonds. The van der Waals surface area contributed by atoms with Gasteiger partial charge in [-0.05, 0) is 25.0 Å². The first kappa shape index (κ1) is 8.24. The summed E-state index contributed by atoms with van der Waals surface area (Å²) in [7, 11) is 0. The second-order valence-electron chi connectivity index (χ2n) is 3.10. The summed E-state index contributed by atoms with van der Waals surface area (Å²) in [6, 6.07) is 12.4. The van der Waals surface area contributed by atoms with Crippen molar-refractivity contribution < 1.29 is 0 Å². The Morgan fingerprint density at radius 1 is 1.08 bits per heavy atom. The molecule has 65 valence electrons. The standard InChI is InChI=1S/C12H12N/c1-2-5-11-9-8-10-6-3-4-7-12(10)13-11/h3-4,6-9H,1-2,5H2. The minimum absolute atomic E-state index is 0.908. The molecule has 1 radical (unpaired) electrons. The molecule has 0 spiro atoms. The zero-order chi connectivity index (χ0) is 9.10. The molecule has 0 aliphatic heterocycles. The Bertz CT molecular complexity index is 407. The molecule has 0 aliphatic rings. The molecule has 2 aromatic rings. The van der Waals surface area contributed by atoms with Gasteiger partial charge in [0.25, 0.3) is 0 Å². The van der Waals surface area contributed by atoms with E-state index < -0.39 is 0 Å². The van der Waals surface area contributed by atoms with Crippen molar-refractivity contribution in [1.29, 1.82) is 0 Å². The summed E-state index contributed by atoms with van der Waals surface area (Å²) in [6.07, 6.45) is 1.87. The summed E-state index contributed by atoms with van der Waals surface area (Å²) >= 11 is 0. The largest absolute Gasteiger partial charge is 0.253 e. The number of hydrogen-bond donors (Lipinski definition) is 0. The Morgan fingerprint density at radius 3 is 2.77 bits per heavy atom. The van der Waals surface area contributed by atoms with E-state index >= 15 is 0 Å². The highest BCUT2D eigenvalue weighted by atomic mass is 14.7. The quantitative estimate of drug-likeness (QED) is 0.675. The van der Waals surface area contributed by atoms with Gasteiger partial charge in [-0.15, -0.1) is 0 Å². The number of benzene rings is 1. The SMILES string of the molecule is [CH2]CCc1ccc2ccccc2n1. The number of pyridine rings is 1. The molecule has 0 saturated heterocycles. The van der Waals surface area contributed by atoms with Crippen molar-refractivity contribution in [3.8, 4) is 0 Å². The van der Waals surface area contributed by atoms with E-state index in [0.717, 1.165) is 24.1 Å². The number of fused-ring (bicyclic) bond motifs is 1. The van der Waals surface area contributed by atoms with Gasteiger partial charge in [0, 0.05) is 11.1 Å². The lowest BCUT2D eigenvalue weighted by Gasteiger charge is -2.00. The summed E-state index contributed by atoms with van der Waals surface area (Å²) in [6.45, 7) is 3.82. The fraction of sp³-hybridized carbons (Fsp3) is 0.167. The molecule has 1 heteroatoms. The normalized spacial score (nSPS) is 10.5. The average molecular weight is 170 g/mol. The monoisotopic (exact) mass is 170 g/mol. The van der Waals surface area contributed by atoms with Crippen LogP contribution in [0.25, 0.3) is 10.9 Å². The zero-order valence-electron chi connectivity index (χ0n) is 7.53. The lowest BCUT2D eigenvalue weighted by Crippen LogP contribution is -1.88. The molecule has 1 heterocycles. The van der Waals surface area contributed by atoms with Gasteiger partial charge in [-0.1, -0.05) is 31.2 Å². The summed E-state index contributed by atoms with van der Waals surface area (Å²) in [5, 5.41) is 1.20. The highest BCUT2D eigenvalue weighted by molar-refractivity contribution is 5.78. The molecule has 0 aliphatic carbocycles. The lowest BCUT2D eigenvalue weighted by atomic mass is 10.1. The molecule has 2 rings (SSSR count). The van der Waals surface area contributed by atoms with Gasteiger partial charge in [-0.3, -0.25) is 4.98 Å². The number of aryl methyl sites for hydroxylation is 1. The minimum Gasteiger partial charge on any atom is -0.253 e. The Kier molecular flexibility index (Phi) is 2.26. The van der Waals surface area contributed by atoms with E-state index in [1.807, 2.05) is 18.2 Å². The fourth-order valence-corrected chi connectivity index (χ4v) is 1.43. The van der Waals surface area contributed by atoms with Gasteiger partial charge in [0.15, 0.2) is 0 Å². The molecule has 0 atom stereocenters. The van der Waals surface area contributed by atoms with E-state index in [-0.39, 0.29) is 0 Å². The zero-order valence-corrected chi connectivity index (χ0v) is 7.53. The van der Waals surface area contributed by atoms with E-state index in [1.54, 1.807) is 0 Å². The van der Waals surface area contributed by atoms with Crippen LogP contribution in [0.1, 0.15) is 12.1 Å². The van der Waals surface area contributed by atoms with Gasteiger partial charge in [0.2, 0.25) is 0 Å². The number of aromatic nitrogens is 1. The maximum Gasteiger partial charge on any atom is 0.0705 e. The maximum atomic E-state index is 4.52. The first-order valence-electron chi connectivity index (χ1n) is 4.54. The number of rotatable bonds is 2. The predicted octanol–water partition coefficient (Wildman–Crippen LogP) is 3.00. The number of hydrogen-bond acceptors (Lipinski definition) is 1. The van der Waals surface area contributed by atoms with Crippen molar-refractivity contribution in [2.75, 3.05) is 0 Å². The molecule has 13 heavy (non-hydrogen) atoms. The summed E-state index contributed by atoms with van der Waals surface area (Å²) in [5.41, 5.74) is 2.21. The van der Waals surface area contributed by atoms with E-state index in [0.29, 0.717) is 0 Å². The molecule has 0 saturated carbocycles. The Hall–Kier alpha value is -1.37. The third kappa shape index (κ3) is 1.69. The molecular formula is C12H12N. The molecule has 0 bridgehead atoms. The van der Waals surface area contributed by atoms with Gasteiger partial charge in [0.1, 0.15) is 0 Å². The topological polar surface area (TPSA) is 12.9 Å². The maximum absolute atomic E-state index is 4.52. The van der Waals surface area contributed by atoms with Crippen LogP contribution >= 0.6 is 0 Å². The average Bonchev–Trinajstić information content (AvgIpc) is 2.18. The van der Waals surface area contributed by atoms with Crippen LogP contribution in [-0.4, -0.2) is 4.98 Å². The molecule has 1 aromatic heterocycles. The van der Waals surface area contributed by atoms with Crippen LogP contribution < -0.4 is 0 Å². The van der Waals surface area contributed by atoms with Gasteiger partial charge >= 0.3 is 0 Å². The van der Waals surface area contributed by atoms with Gasteiger partial charge in [0.05, 0.1) is 5.52 Å². The van der Waals surface area contributed by atoms with Crippen molar-refractivity contribution in [3.05, 3.63) is 49.0 Å². The molecule has 0 unspecified atom stereocenters. The van der Waals surface area contributed by atoms with Crippen LogP contribution in [-0.2, 0) is 6.42 Å². The van der Waals surface area contributed by atoms with Crippen molar-refractivity contribution >= 4 is 10.9 Å². The summed E-state index contributed by atoms with van der Waals surface area (Å²) < 4.78 is 0. The van der Waals surface area contributed by atoms with Crippen LogP contribution in [0.4, 0.5) is 0 Å². The molecule has 0 N–H and O–H groups in total. The Labute approximate surface area is 78.4 Å². The van der Waals surface area contributed by atoms with E-state index in [1.165, 1.54) is 5.39 Å². The molecule has 0 fully saturated rings. The van der Waals surface area contributed by atoms with E-state index in [4.69, 9.17) is 0 Å². The lowest BCUT2D eigenvalue weighted by molar-refractivity contribution is 0.953. The van der Waals surface area contributed by atoms with E-state index in [9.17, 15) is 0 Å². The Morgan fingerprint density at radius 2 is 1.92 bits per heavy atom. The van der Waals surface area contributed by atoms with Crippen molar-refractivity contribution in [3.63, 3.8) is 0 Å². The third-order valence-corrected chi connectivity index (χ3v) is 2.09. The van der Waals surface area contributed by atoms with Crippen LogP contribution in [0.5, 0.6) is 0 Å². The van der Waals surface area contributed by atoms with Gasteiger partial charge in [-0.2, -0.15) is 0 Å². The third-order valence-electron chi connectivity index (χ3n) is 2.09. The summed E-state index contributed by atoms with van der Waals surface area (Å²) in [4.78, 5) is 4.52. The second-order valence-corrected chi connectivity index (χ2v) is 3.10. The fourth-order valence-electron chi connectivity index (χ4n) is 1.43. The summed E-state index contributed by atoms with van der Waals surface area (Å²) in [5.74, 6) is 0. The van der Waals surface area contributed by atoms with Crippen molar-refractivity contribution in [2.24, 2.45) is 0 Å². The second kappa shape index (κ2) is 3.56. The molecule has 1 aromatic carbocycles. The van der Waals surface area contributed by atoms with Gasteiger partial charge < -0.3 is 0 Å². The van der Waals surface area contributed by atoms with Crippen LogP contribution in [0.15, 0.2) is 36.4 Å². The van der Waals surface area contributed by atoms with Gasteiger partial charge in [-0.25, -0.2) is 0 Å². The van der Waals surface area contributed by atoms with Crippen molar-refractivity contribution in [2.45, 2.75) is 12.8 Å². The van der Waals surface area contributed by atoms with Crippen LogP contribution in [0.3, 0.4) is 0 Å². The first-order valence-corrected chi connectivity index (χ1v) is 4.54. The minimum atomic E-state index is 0.908. The Balaban J connectivity index is 2.49. The number of para-hydroxylation sites is 1.